The van der Waals surface area contributed by atoms with E-state index in [-0.39, 0.29) is 6.42 Å². The lowest BCUT2D eigenvalue weighted by atomic mass is 9.91. The molecule has 0 aromatic heterocycles. The Hall–Kier alpha value is -1.63. The Balaban J connectivity index is 2.04. The fourth-order valence-corrected chi connectivity index (χ4v) is 2.67. The number of anilines is 1. The molecule has 1 saturated heterocycles. The molecular formula is C11H12N2O4. The number of fused-ring (bicyclic) bond motifs is 3. The van der Waals surface area contributed by atoms with Crippen LogP contribution in [-0.4, -0.2) is 28.5 Å². The minimum absolute atomic E-state index is 0.188. The van der Waals surface area contributed by atoms with Gasteiger partial charge < -0.3 is 10.4 Å². The second kappa shape index (κ2) is 3.43. The van der Waals surface area contributed by atoms with Crippen LogP contribution in [0.25, 0.3) is 0 Å². The zero-order valence-electron chi connectivity index (χ0n) is 8.88. The van der Waals surface area contributed by atoms with E-state index < -0.39 is 23.8 Å². The highest BCUT2D eigenvalue weighted by Crippen LogP contribution is 2.47. The van der Waals surface area contributed by atoms with Crippen LogP contribution in [0.15, 0.2) is 24.3 Å². The molecule has 0 radical (unpaired) electrons. The van der Waals surface area contributed by atoms with Crippen molar-refractivity contribution in [1.29, 1.82) is 0 Å². The fourth-order valence-electron chi connectivity index (χ4n) is 2.67. The Morgan fingerprint density at radius 3 is 2.94 bits per heavy atom. The summed E-state index contributed by atoms with van der Waals surface area (Å²) in [5.41, 5.74) is 0.617. The normalized spacial score (nSPS) is 33.9. The molecule has 17 heavy (non-hydrogen) atoms. The van der Waals surface area contributed by atoms with Crippen molar-refractivity contribution in [1.82, 2.24) is 5.32 Å². The summed E-state index contributed by atoms with van der Waals surface area (Å²) >= 11 is 0. The van der Waals surface area contributed by atoms with E-state index in [1.54, 1.807) is 0 Å². The molecular weight excluding hydrogens is 224 g/mol. The van der Waals surface area contributed by atoms with Crippen LogP contribution < -0.4 is 10.6 Å². The molecule has 0 amide bonds. The van der Waals surface area contributed by atoms with Gasteiger partial charge in [0.1, 0.15) is 12.2 Å². The zero-order valence-corrected chi connectivity index (χ0v) is 8.88. The number of carboxylic acids is 1. The molecule has 6 heteroatoms. The van der Waals surface area contributed by atoms with Crippen LogP contribution >= 0.6 is 0 Å². The lowest BCUT2D eigenvalue weighted by molar-refractivity contribution is -0.328. The van der Waals surface area contributed by atoms with Crippen molar-refractivity contribution in [2.75, 3.05) is 5.32 Å². The average molecular weight is 236 g/mol. The number of para-hydroxylation sites is 1. The topological polar surface area (TPSA) is 90.8 Å². The summed E-state index contributed by atoms with van der Waals surface area (Å²) in [4.78, 5) is 15.6. The largest absolute Gasteiger partial charge is 0.480 e. The molecule has 2 aliphatic heterocycles. The first-order valence-electron chi connectivity index (χ1n) is 5.35. The lowest BCUT2D eigenvalue weighted by Crippen LogP contribution is -2.43. The predicted octanol–water partition coefficient (Wildman–Crippen LogP) is 0.570. The van der Waals surface area contributed by atoms with Crippen LogP contribution in [0.5, 0.6) is 0 Å². The first kappa shape index (κ1) is 10.5. The highest BCUT2D eigenvalue weighted by Gasteiger charge is 2.57. The van der Waals surface area contributed by atoms with E-state index in [0.717, 1.165) is 11.3 Å². The van der Waals surface area contributed by atoms with E-state index >= 15 is 0 Å². The molecule has 3 atom stereocenters. The van der Waals surface area contributed by atoms with E-state index in [2.05, 4.69) is 15.5 Å². The van der Waals surface area contributed by atoms with Crippen LogP contribution in [0, 0.1) is 0 Å². The van der Waals surface area contributed by atoms with E-state index in [1.807, 2.05) is 24.3 Å². The molecule has 0 spiro atoms. The number of hydrogen-bond acceptors (Lipinski definition) is 5. The van der Waals surface area contributed by atoms with Gasteiger partial charge in [0.05, 0.1) is 0 Å². The maximum absolute atomic E-state index is 11.0. The van der Waals surface area contributed by atoms with Gasteiger partial charge in [0.25, 0.3) is 0 Å². The fraction of sp³-hybridized carbons (Fsp3) is 0.364. The standard InChI is InChI=1S/C11H12N2O4/c14-9(15)8-5-11(17-16)6-3-1-2-4-7(6)12-10(11)13-8/h1-4,8,10,12-13,16H,5H2,(H,14,15)/t8-,10-,11+/m0/s1. The molecule has 0 bridgehead atoms. The van der Waals surface area contributed by atoms with Crippen LogP contribution in [0.3, 0.4) is 0 Å². The van der Waals surface area contributed by atoms with Crippen molar-refractivity contribution in [2.45, 2.75) is 24.2 Å². The SMILES string of the molecule is O=C(O)[C@@H]1C[C@@]2(OO)c3ccccc3N[C@H]2N1. The van der Waals surface area contributed by atoms with Gasteiger partial charge in [-0.3, -0.25) is 15.4 Å². The van der Waals surface area contributed by atoms with Gasteiger partial charge >= 0.3 is 5.97 Å². The van der Waals surface area contributed by atoms with Gasteiger partial charge in [-0.2, -0.15) is 0 Å². The van der Waals surface area contributed by atoms with Gasteiger partial charge in [-0.05, 0) is 6.07 Å². The Bertz CT molecular complexity index is 478. The Morgan fingerprint density at radius 2 is 2.24 bits per heavy atom. The van der Waals surface area contributed by atoms with Crippen molar-refractivity contribution in [3.8, 4) is 0 Å². The zero-order chi connectivity index (χ0) is 12.0. The maximum Gasteiger partial charge on any atom is 0.320 e. The summed E-state index contributed by atoms with van der Waals surface area (Å²) in [6, 6.07) is 6.66. The number of hydrogen-bond donors (Lipinski definition) is 4. The van der Waals surface area contributed by atoms with Crippen LogP contribution in [0.4, 0.5) is 5.69 Å². The molecule has 0 aliphatic carbocycles. The maximum atomic E-state index is 11.0. The highest BCUT2D eigenvalue weighted by molar-refractivity contribution is 5.76. The lowest BCUT2D eigenvalue weighted by Gasteiger charge is -2.24. The van der Waals surface area contributed by atoms with Gasteiger partial charge in [-0.25, -0.2) is 4.89 Å². The minimum Gasteiger partial charge on any atom is -0.480 e. The van der Waals surface area contributed by atoms with Crippen molar-refractivity contribution in [3.05, 3.63) is 29.8 Å². The predicted molar refractivity (Wildman–Crippen MR) is 58.4 cm³/mol. The highest BCUT2D eigenvalue weighted by atomic mass is 17.1. The third-order valence-corrected chi connectivity index (χ3v) is 3.49. The van der Waals surface area contributed by atoms with Crippen LogP contribution in [-0.2, 0) is 15.3 Å². The van der Waals surface area contributed by atoms with Gasteiger partial charge in [0.2, 0.25) is 0 Å². The molecule has 0 unspecified atom stereocenters. The summed E-state index contributed by atoms with van der Waals surface area (Å²) in [6.45, 7) is 0. The van der Waals surface area contributed by atoms with Crippen LogP contribution in [0.1, 0.15) is 12.0 Å². The Labute approximate surface area is 97.1 Å². The van der Waals surface area contributed by atoms with Gasteiger partial charge in [0, 0.05) is 17.7 Å². The van der Waals surface area contributed by atoms with Gasteiger partial charge in [0.15, 0.2) is 5.60 Å². The van der Waals surface area contributed by atoms with Gasteiger partial charge in [-0.1, -0.05) is 18.2 Å². The molecule has 2 aliphatic rings. The number of benzene rings is 1. The summed E-state index contributed by atoms with van der Waals surface area (Å²) < 4.78 is 0. The van der Waals surface area contributed by atoms with Crippen molar-refractivity contribution in [2.24, 2.45) is 0 Å². The summed E-state index contributed by atoms with van der Waals surface area (Å²) in [5, 5.41) is 24.2. The molecule has 4 N–H and O–H groups in total. The third-order valence-electron chi connectivity index (χ3n) is 3.49. The third kappa shape index (κ3) is 1.28. The Kier molecular flexibility index (Phi) is 2.12. The second-order valence-electron chi connectivity index (χ2n) is 4.37. The monoisotopic (exact) mass is 236 g/mol. The minimum atomic E-state index is -1.01. The molecule has 6 nitrogen and oxygen atoms in total. The summed E-state index contributed by atoms with van der Waals surface area (Å²) in [5.74, 6) is -0.949. The molecule has 90 valence electrons. The van der Waals surface area contributed by atoms with Crippen molar-refractivity contribution >= 4 is 11.7 Å². The second-order valence-corrected chi connectivity index (χ2v) is 4.37. The van der Waals surface area contributed by atoms with Crippen LogP contribution in [0.2, 0.25) is 0 Å². The Morgan fingerprint density at radius 1 is 1.47 bits per heavy atom. The van der Waals surface area contributed by atoms with E-state index in [9.17, 15) is 10.1 Å². The molecule has 1 aromatic carbocycles. The number of rotatable bonds is 2. The first-order chi connectivity index (χ1) is 8.17. The van der Waals surface area contributed by atoms with E-state index in [1.165, 1.54) is 0 Å². The molecule has 2 heterocycles. The number of carbonyl (C=O) groups is 1. The molecule has 3 rings (SSSR count). The number of carboxylic acid groups (broad SMARTS) is 1. The summed E-state index contributed by atoms with van der Waals surface area (Å²) in [6.07, 6.45) is -0.237. The van der Waals surface area contributed by atoms with E-state index in [4.69, 9.17) is 5.11 Å². The number of aliphatic carboxylic acids is 1. The van der Waals surface area contributed by atoms with E-state index in [0.29, 0.717) is 0 Å². The summed E-state index contributed by atoms with van der Waals surface area (Å²) in [7, 11) is 0. The molecule has 0 saturated carbocycles. The quantitative estimate of drug-likeness (QED) is 0.443. The number of nitrogens with one attached hydrogen (secondary N) is 2. The first-order valence-corrected chi connectivity index (χ1v) is 5.35. The van der Waals surface area contributed by atoms with Gasteiger partial charge in [-0.15, -0.1) is 0 Å². The average Bonchev–Trinajstić information content (AvgIpc) is 2.81. The molecule has 1 fully saturated rings. The van der Waals surface area contributed by atoms with Crippen molar-refractivity contribution < 1.29 is 20.0 Å². The van der Waals surface area contributed by atoms with Crippen molar-refractivity contribution in [3.63, 3.8) is 0 Å². The smallest absolute Gasteiger partial charge is 0.320 e. The molecule has 1 aromatic rings.